The van der Waals surface area contributed by atoms with E-state index in [1.54, 1.807) is 6.07 Å². The molecule has 2 aromatic carbocycles. The van der Waals surface area contributed by atoms with Crippen LogP contribution < -0.4 is 17.2 Å². The van der Waals surface area contributed by atoms with Gasteiger partial charge < -0.3 is 17.2 Å². The number of nitrogens with zero attached hydrogens (tertiary/aromatic N) is 3. The average molecular weight is 1030 g/mol. The standard InChI is InChI=1S/C31H51N3O4.C31H53N3O2/c1-3-5-7-9-11-13-14-16-18-20-22-27(21-19-17-15-12-10-8-6-4-2)23-24-28-25-29(33(35)36)31(32)30(26-28)34(37)38;1-3-5-7-9-11-13-14-16-18-20-22-27(21-19-17-15-12-10-8-6-4-2)23-24-28-25-29(32)31(33)30(26-28)34(35)36/h25-27H,3-22,32H2,1-2H3;25-27H,3-22,32-33H2,1-2H3. The van der Waals surface area contributed by atoms with Gasteiger partial charge in [0.25, 0.3) is 17.1 Å². The first kappa shape index (κ1) is 67.2. The number of nitro benzene ring substituents is 3. The lowest BCUT2D eigenvalue weighted by atomic mass is 9.94. The van der Waals surface area contributed by atoms with Crippen LogP contribution in [0.2, 0.25) is 0 Å². The number of anilines is 3. The van der Waals surface area contributed by atoms with Gasteiger partial charge in [0, 0.05) is 41.2 Å². The zero-order valence-electron chi connectivity index (χ0n) is 47.3. The maximum Gasteiger partial charge on any atom is 0.300 e. The highest BCUT2D eigenvalue weighted by molar-refractivity contribution is 5.76. The Labute approximate surface area is 450 Å². The van der Waals surface area contributed by atoms with Crippen LogP contribution in [0.4, 0.5) is 34.1 Å². The van der Waals surface area contributed by atoms with Crippen molar-refractivity contribution in [2.24, 2.45) is 11.8 Å². The third kappa shape index (κ3) is 33.9. The second-order valence-electron chi connectivity index (χ2n) is 21.1. The van der Waals surface area contributed by atoms with Gasteiger partial charge in [0.15, 0.2) is 5.69 Å². The van der Waals surface area contributed by atoms with E-state index >= 15 is 0 Å². The van der Waals surface area contributed by atoms with Gasteiger partial charge in [0.1, 0.15) is 5.69 Å². The van der Waals surface area contributed by atoms with Gasteiger partial charge in [0.2, 0.25) is 0 Å². The lowest BCUT2D eigenvalue weighted by Crippen LogP contribution is -2.02. The van der Waals surface area contributed by atoms with E-state index in [-0.39, 0.29) is 28.5 Å². The van der Waals surface area contributed by atoms with Crippen LogP contribution in [-0.4, -0.2) is 14.8 Å². The number of hydrogen-bond acceptors (Lipinski definition) is 9. The number of nitrogens with two attached hydrogens (primary N) is 3. The van der Waals surface area contributed by atoms with Crippen LogP contribution in [0.15, 0.2) is 24.3 Å². The maximum atomic E-state index is 11.3. The molecule has 0 aliphatic rings. The first-order valence-corrected chi connectivity index (χ1v) is 30.0. The Morgan fingerprint density at radius 2 is 0.568 bits per heavy atom. The minimum absolute atomic E-state index is 0.0198. The molecule has 0 aliphatic carbocycles. The van der Waals surface area contributed by atoms with Crippen LogP contribution in [0.1, 0.15) is 296 Å². The molecule has 12 nitrogen and oxygen atoms in total. The van der Waals surface area contributed by atoms with E-state index in [2.05, 4.69) is 51.4 Å². The topological polar surface area (TPSA) is 207 Å². The number of rotatable bonds is 43. The third-order valence-electron chi connectivity index (χ3n) is 14.4. The van der Waals surface area contributed by atoms with Crippen LogP contribution in [0.25, 0.3) is 0 Å². The summed E-state index contributed by atoms with van der Waals surface area (Å²) in [4.78, 5) is 32.1. The van der Waals surface area contributed by atoms with Crippen LogP contribution in [-0.2, 0) is 0 Å². The molecule has 6 N–H and O–H groups in total. The molecule has 0 fully saturated rings. The molecule has 0 amide bonds. The van der Waals surface area contributed by atoms with Gasteiger partial charge in [-0.25, -0.2) is 0 Å². The number of nitro groups is 3. The van der Waals surface area contributed by atoms with E-state index in [1.807, 2.05) is 0 Å². The Hall–Kier alpha value is -4.84. The lowest BCUT2D eigenvalue weighted by Gasteiger charge is -2.11. The van der Waals surface area contributed by atoms with Crippen LogP contribution in [0.5, 0.6) is 0 Å². The third-order valence-corrected chi connectivity index (χ3v) is 14.4. The summed E-state index contributed by atoms with van der Waals surface area (Å²) in [5.74, 6) is 13.4. The van der Waals surface area contributed by atoms with Gasteiger partial charge in [-0.3, -0.25) is 30.3 Å². The van der Waals surface area contributed by atoms with Gasteiger partial charge in [0.05, 0.1) is 20.5 Å². The Morgan fingerprint density at radius 3 is 0.811 bits per heavy atom. The summed E-state index contributed by atoms with van der Waals surface area (Å²) in [7, 11) is 0. The summed E-state index contributed by atoms with van der Waals surface area (Å²) in [6.07, 6.45) is 50.9. The Kier molecular flexibility index (Phi) is 41.3. The quantitative estimate of drug-likeness (QED) is 0.0190. The fraction of sp³-hybridized carbons (Fsp3) is 0.742. The van der Waals surface area contributed by atoms with E-state index in [0.29, 0.717) is 11.5 Å². The number of hydrogen-bond donors (Lipinski definition) is 3. The number of unbranched alkanes of at least 4 members (excludes halogenated alkanes) is 32. The zero-order chi connectivity index (χ0) is 54.4. The molecule has 2 aromatic rings. The molecule has 0 aliphatic heterocycles. The van der Waals surface area contributed by atoms with Gasteiger partial charge >= 0.3 is 0 Å². The molecule has 0 heterocycles. The van der Waals surface area contributed by atoms with Gasteiger partial charge in [-0.1, -0.05) is 283 Å². The highest BCUT2D eigenvalue weighted by Gasteiger charge is 2.24. The predicted octanol–water partition coefficient (Wildman–Crippen LogP) is 19.5. The monoisotopic (exact) mass is 1030 g/mol. The van der Waals surface area contributed by atoms with Crippen LogP contribution in [0.3, 0.4) is 0 Å². The molecule has 0 bridgehead atoms. The Morgan fingerprint density at radius 1 is 0.351 bits per heavy atom. The molecule has 0 aromatic heterocycles. The van der Waals surface area contributed by atoms with Crippen molar-refractivity contribution < 1.29 is 14.8 Å². The summed E-state index contributed by atoms with van der Waals surface area (Å²) in [6.45, 7) is 9.00. The van der Waals surface area contributed by atoms with Crippen LogP contribution >= 0.6 is 0 Å². The van der Waals surface area contributed by atoms with E-state index < -0.39 is 31.8 Å². The Bertz CT molecular complexity index is 1900. The molecule has 12 heteroatoms. The van der Waals surface area contributed by atoms with Gasteiger partial charge in [-0.2, -0.15) is 0 Å². The average Bonchev–Trinajstić information content (AvgIpc) is 3.38. The molecule has 0 saturated carbocycles. The van der Waals surface area contributed by atoms with Crippen molar-refractivity contribution in [3.05, 3.63) is 65.7 Å². The first-order chi connectivity index (χ1) is 35.9. The number of nitrogen functional groups attached to an aromatic ring is 3. The fourth-order valence-corrected chi connectivity index (χ4v) is 9.63. The molecule has 0 radical (unpaired) electrons. The van der Waals surface area contributed by atoms with Crippen LogP contribution in [0, 0.1) is 65.9 Å². The first-order valence-electron chi connectivity index (χ1n) is 30.0. The van der Waals surface area contributed by atoms with Crippen molar-refractivity contribution in [2.75, 3.05) is 17.2 Å². The fourth-order valence-electron chi connectivity index (χ4n) is 9.63. The summed E-state index contributed by atoms with van der Waals surface area (Å²) in [5, 5.41) is 34.0. The largest absolute Gasteiger partial charge is 0.397 e. The predicted molar refractivity (Wildman–Crippen MR) is 314 cm³/mol. The highest BCUT2D eigenvalue weighted by atomic mass is 16.6. The molecule has 2 unspecified atom stereocenters. The molecule has 2 rings (SSSR count). The second kappa shape index (κ2) is 45.5. The minimum Gasteiger partial charge on any atom is -0.397 e. The molecule has 2 atom stereocenters. The van der Waals surface area contributed by atoms with Crippen molar-refractivity contribution in [3.8, 4) is 23.7 Å². The van der Waals surface area contributed by atoms with Gasteiger partial charge in [-0.15, -0.1) is 0 Å². The molecule has 0 spiro atoms. The van der Waals surface area contributed by atoms with E-state index in [1.165, 1.54) is 237 Å². The summed E-state index contributed by atoms with van der Waals surface area (Å²) >= 11 is 0. The summed E-state index contributed by atoms with van der Waals surface area (Å²) in [6, 6.07) is 5.61. The van der Waals surface area contributed by atoms with E-state index in [9.17, 15) is 30.3 Å². The van der Waals surface area contributed by atoms with E-state index in [0.717, 1.165) is 38.5 Å². The van der Waals surface area contributed by atoms with Crippen molar-refractivity contribution in [1.29, 1.82) is 0 Å². The highest BCUT2D eigenvalue weighted by Crippen LogP contribution is 2.33. The van der Waals surface area contributed by atoms with Crippen molar-refractivity contribution >= 4 is 34.1 Å². The molecule has 0 saturated heterocycles. The smallest absolute Gasteiger partial charge is 0.300 e. The normalized spacial score (nSPS) is 11.7. The van der Waals surface area contributed by atoms with Crippen molar-refractivity contribution in [3.63, 3.8) is 0 Å². The molecule has 418 valence electrons. The zero-order valence-corrected chi connectivity index (χ0v) is 47.3. The second-order valence-corrected chi connectivity index (χ2v) is 21.1. The summed E-state index contributed by atoms with van der Waals surface area (Å²) < 4.78 is 0. The van der Waals surface area contributed by atoms with Gasteiger partial charge in [-0.05, 0) is 31.7 Å². The number of benzene rings is 2. The maximum absolute atomic E-state index is 11.3. The minimum atomic E-state index is -0.685. The molecular formula is C62H104N6O6. The summed E-state index contributed by atoms with van der Waals surface area (Å²) in [5.41, 5.74) is 16.9. The van der Waals surface area contributed by atoms with Crippen molar-refractivity contribution in [2.45, 2.75) is 285 Å². The molecular weight excluding hydrogens is 925 g/mol. The van der Waals surface area contributed by atoms with E-state index in [4.69, 9.17) is 17.2 Å². The Balaban J connectivity index is 0.000000741. The SMILES string of the molecule is CCCCCCCCCCCCC(C#Cc1cc(N)c(N)c([N+](=O)[O-])c1)CCCCCCCCCC.CCCCCCCCCCCCC(C#Cc1cc([N+](=O)[O-])c(N)c([N+](=O)[O-])c1)CCCCCCCCCC. The van der Waals surface area contributed by atoms with Crippen molar-refractivity contribution in [1.82, 2.24) is 0 Å². The molecule has 74 heavy (non-hydrogen) atoms. The lowest BCUT2D eigenvalue weighted by molar-refractivity contribution is -0.392.